The van der Waals surface area contributed by atoms with Crippen molar-refractivity contribution in [3.63, 3.8) is 0 Å². The molecule has 0 unspecified atom stereocenters. The largest absolute Gasteiger partial charge is 0.416 e. The Labute approximate surface area is 130 Å². The SMILES string of the molecule is CCS(=O)(=O)c1cc(C(F)(F)F)ccc1-n1nnc(CO)c1C. The molecule has 126 valence electrons. The molecule has 0 fully saturated rings. The van der Waals surface area contributed by atoms with Crippen LogP contribution in [0.15, 0.2) is 23.1 Å². The Morgan fingerprint density at radius 1 is 1.30 bits per heavy atom. The number of rotatable bonds is 4. The fourth-order valence-electron chi connectivity index (χ4n) is 2.01. The highest BCUT2D eigenvalue weighted by Gasteiger charge is 2.33. The van der Waals surface area contributed by atoms with Crippen LogP contribution in [0, 0.1) is 6.92 Å². The lowest BCUT2D eigenvalue weighted by Gasteiger charge is -2.14. The fraction of sp³-hybridized carbons (Fsp3) is 0.385. The number of halogens is 3. The molecule has 0 bridgehead atoms. The van der Waals surface area contributed by atoms with Gasteiger partial charge in [0, 0.05) is 0 Å². The van der Waals surface area contributed by atoms with E-state index in [1.807, 2.05) is 0 Å². The zero-order chi connectivity index (χ0) is 17.4. The van der Waals surface area contributed by atoms with E-state index in [9.17, 15) is 21.6 Å². The van der Waals surface area contributed by atoms with E-state index in [0.717, 1.165) is 16.8 Å². The van der Waals surface area contributed by atoms with Crippen LogP contribution in [0.25, 0.3) is 5.69 Å². The van der Waals surface area contributed by atoms with Gasteiger partial charge >= 0.3 is 6.18 Å². The van der Waals surface area contributed by atoms with Gasteiger partial charge in [0.25, 0.3) is 0 Å². The molecule has 0 atom stereocenters. The van der Waals surface area contributed by atoms with E-state index in [-0.39, 0.29) is 17.1 Å². The highest BCUT2D eigenvalue weighted by molar-refractivity contribution is 7.91. The van der Waals surface area contributed by atoms with Crippen molar-refractivity contribution in [3.05, 3.63) is 35.2 Å². The lowest BCUT2D eigenvalue weighted by molar-refractivity contribution is -0.137. The molecule has 23 heavy (non-hydrogen) atoms. The molecule has 0 aliphatic carbocycles. The van der Waals surface area contributed by atoms with E-state index in [0.29, 0.717) is 11.8 Å². The smallest absolute Gasteiger partial charge is 0.390 e. The van der Waals surface area contributed by atoms with Gasteiger partial charge in [0.1, 0.15) is 5.69 Å². The van der Waals surface area contributed by atoms with Crippen molar-refractivity contribution in [2.75, 3.05) is 5.75 Å². The second-order valence-electron chi connectivity index (χ2n) is 4.78. The first-order valence-electron chi connectivity index (χ1n) is 6.58. The van der Waals surface area contributed by atoms with E-state index in [1.165, 1.54) is 13.8 Å². The molecule has 0 saturated carbocycles. The number of benzene rings is 1. The summed E-state index contributed by atoms with van der Waals surface area (Å²) in [5.41, 5.74) is -0.539. The number of sulfone groups is 1. The second-order valence-corrected chi connectivity index (χ2v) is 7.02. The van der Waals surface area contributed by atoms with E-state index in [1.54, 1.807) is 0 Å². The molecule has 10 heteroatoms. The maximum absolute atomic E-state index is 12.9. The molecule has 0 spiro atoms. The summed E-state index contributed by atoms with van der Waals surface area (Å²) in [6, 6.07) is 2.41. The van der Waals surface area contributed by atoms with Gasteiger partial charge in [-0.25, -0.2) is 13.1 Å². The second kappa shape index (κ2) is 5.93. The van der Waals surface area contributed by atoms with Gasteiger partial charge in [0.15, 0.2) is 9.84 Å². The van der Waals surface area contributed by atoms with Crippen molar-refractivity contribution in [2.45, 2.75) is 31.5 Å². The molecule has 1 aromatic heterocycles. The number of alkyl halides is 3. The van der Waals surface area contributed by atoms with Crippen LogP contribution in [-0.4, -0.2) is 34.3 Å². The van der Waals surface area contributed by atoms with Crippen LogP contribution in [0.4, 0.5) is 13.2 Å². The van der Waals surface area contributed by atoms with E-state index < -0.39 is 33.1 Å². The summed E-state index contributed by atoms with van der Waals surface area (Å²) in [6.07, 6.45) is -4.66. The quantitative estimate of drug-likeness (QED) is 0.911. The minimum Gasteiger partial charge on any atom is -0.390 e. The summed E-state index contributed by atoms with van der Waals surface area (Å²) in [6.45, 7) is 2.46. The van der Waals surface area contributed by atoms with Gasteiger partial charge < -0.3 is 5.11 Å². The monoisotopic (exact) mass is 349 g/mol. The molecule has 0 amide bonds. The molecule has 1 heterocycles. The van der Waals surface area contributed by atoms with Gasteiger partial charge in [-0.05, 0) is 25.1 Å². The van der Waals surface area contributed by atoms with Crippen molar-refractivity contribution in [2.24, 2.45) is 0 Å². The molecule has 1 N–H and O–H groups in total. The predicted octanol–water partition coefficient (Wildman–Crippen LogP) is 1.88. The van der Waals surface area contributed by atoms with Crippen LogP contribution >= 0.6 is 0 Å². The number of hydrogen-bond acceptors (Lipinski definition) is 5. The lowest BCUT2D eigenvalue weighted by Crippen LogP contribution is -2.14. The Hall–Kier alpha value is -1.94. The van der Waals surface area contributed by atoms with Gasteiger partial charge in [-0.3, -0.25) is 0 Å². The first kappa shape index (κ1) is 17.4. The molecule has 6 nitrogen and oxygen atoms in total. The molecule has 0 radical (unpaired) electrons. The third-order valence-corrected chi connectivity index (χ3v) is 5.13. The van der Waals surface area contributed by atoms with Crippen LogP contribution in [0.1, 0.15) is 23.9 Å². The van der Waals surface area contributed by atoms with Crippen LogP contribution in [0.3, 0.4) is 0 Å². The van der Waals surface area contributed by atoms with E-state index in [4.69, 9.17) is 5.11 Å². The minimum atomic E-state index is -4.66. The van der Waals surface area contributed by atoms with Crippen LogP contribution in [0.5, 0.6) is 0 Å². The Bertz CT molecular complexity index is 829. The molecule has 0 saturated heterocycles. The van der Waals surface area contributed by atoms with Gasteiger partial charge in [0.2, 0.25) is 0 Å². The van der Waals surface area contributed by atoms with Gasteiger partial charge in [0.05, 0.1) is 34.2 Å². The first-order valence-corrected chi connectivity index (χ1v) is 8.23. The molecule has 2 rings (SSSR count). The summed E-state index contributed by atoms with van der Waals surface area (Å²) in [4.78, 5) is -0.479. The Kier molecular flexibility index (Phi) is 4.49. The summed E-state index contributed by atoms with van der Waals surface area (Å²) in [5, 5.41) is 16.5. The number of aliphatic hydroxyl groups is 1. The van der Waals surface area contributed by atoms with Gasteiger partial charge in [-0.2, -0.15) is 13.2 Å². The average molecular weight is 349 g/mol. The van der Waals surface area contributed by atoms with Crippen LogP contribution in [0.2, 0.25) is 0 Å². The standard InChI is InChI=1S/C13H14F3N3O3S/c1-3-23(21,22)12-6-9(13(14,15)16)4-5-11(12)19-8(2)10(7-20)17-18-19/h4-6,20H,3,7H2,1-2H3. The Balaban J connectivity index is 2.75. The van der Waals surface area contributed by atoms with E-state index in [2.05, 4.69) is 10.3 Å². The average Bonchev–Trinajstić information content (AvgIpc) is 2.86. The topological polar surface area (TPSA) is 85.1 Å². The van der Waals surface area contributed by atoms with Crippen molar-refractivity contribution in [1.29, 1.82) is 0 Å². The molecular weight excluding hydrogens is 335 g/mol. The highest BCUT2D eigenvalue weighted by atomic mass is 32.2. The van der Waals surface area contributed by atoms with Gasteiger partial charge in [-0.15, -0.1) is 5.10 Å². The third-order valence-electron chi connectivity index (χ3n) is 3.37. The first-order chi connectivity index (χ1) is 10.6. The summed E-state index contributed by atoms with van der Waals surface area (Å²) < 4.78 is 64.1. The van der Waals surface area contributed by atoms with Crippen molar-refractivity contribution >= 4 is 9.84 Å². The van der Waals surface area contributed by atoms with Crippen molar-refractivity contribution < 1.29 is 26.7 Å². The zero-order valence-corrected chi connectivity index (χ0v) is 13.1. The summed E-state index contributed by atoms with van der Waals surface area (Å²) in [7, 11) is -3.93. The highest BCUT2D eigenvalue weighted by Crippen LogP contribution is 2.33. The number of aliphatic hydroxyl groups excluding tert-OH is 1. The summed E-state index contributed by atoms with van der Waals surface area (Å²) >= 11 is 0. The normalized spacial score (nSPS) is 12.6. The molecule has 0 aliphatic rings. The number of hydrogen-bond donors (Lipinski definition) is 1. The number of nitrogens with zero attached hydrogens (tertiary/aromatic N) is 3. The minimum absolute atomic E-state index is 0.0375. The summed E-state index contributed by atoms with van der Waals surface area (Å²) in [5.74, 6) is -0.359. The van der Waals surface area contributed by atoms with Gasteiger partial charge in [-0.1, -0.05) is 12.1 Å². The van der Waals surface area contributed by atoms with E-state index >= 15 is 0 Å². The molecule has 2 aromatic rings. The predicted molar refractivity (Wildman–Crippen MR) is 74.7 cm³/mol. The van der Waals surface area contributed by atoms with Crippen LogP contribution in [-0.2, 0) is 22.6 Å². The third kappa shape index (κ3) is 3.22. The van der Waals surface area contributed by atoms with Crippen molar-refractivity contribution in [3.8, 4) is 5.69 Å². The van der Waals surface area contributed by atoms with Crippen molar-refractivity contribution in [1.82, 2.24) is 15.0 Å². The molecular formula is C13H14F3N3O3S. The Morgan fingerprint density at radius 2 is 1.96 bits per heavy atom. The molecule has 1 aromatic carbocycles. The fourth-order valence-corrected chi connectivity index (χ4v) is 3.10. The van der Waals surface area contributed by atoms with Crippen LogP contribution < -0.4 is 0 Å². The maximum atomic E-state index is 12.9. The number of aromatic nitrogens is 3. The lowest BCUT2D eigenvalue weighted by atomic mass is 10.2. The molecule has 0 aliphatic heterocycles. The Morgan fingerprint density at radius 3 is 2.43 bits per heavy atom. The zero-order valence-electron chi connectivity index (χ0n) is 12.3. The maximum Gasteiger partial charge on any atom is 0.416 e.